The lowest BCUT2D eigenvalue weighted by molar-refractivity contribution is -0.113. The minimum atomic E-state index is -3.33. The number of rotatable bonds is 6. The Kier molecular flexibility index (Phi) is 5.85. The molecule has 0 unspecified atom stereocenters. The first-order valence-corrected chi connectivity index (χ1v) is 11.3. The fraction of sp³-hybridized carbons (Fsp3) is 0.211. The number of amides is 1. The number of hydrogen-bond acceptors (Lipinski definition) is 6. The summed E-state index contributed by atoms with van der Waals surface area (Å²) in [6.45, 7) is 3.87. The van der Waals surface area contributed by atoms with Gasteiger partial charge in [-0.2, -0.15) is 0 Å². The molecular formula is C19H20N4O3S2. The quantitative estimate of drug-likeness (QED) is 0.621. The molecule has 28 heavy (non-hydrogen) atoms. The third-order valence-electron chi connectivity index (χ3n) is 3.93. The summed E-state index contributed by atoms with van der Waals surface area (Å²) in [5.74, 6) is 0.592. The summed E-state index contributed by atoms with van der Waals surface area (Å²) in [7, 11) is -3.33. The second-order valence-electron chi connectivity index (χ2n) is 6.34. The van der Waals surface area contributed by atoms with E-state index in [1.807, 2.05) is 42.7 Å². The first-order chi connectivity index (χ1) is 13.2. The molecule has 0 saturated heterocycles. The van der Waals surface area contributed by atoms with Gasteiger partial charge in [0.1, 0.15) is 5.82 Å². The maximum Gasteiger partial charge on any atom is 0.234 e. The van der Waals surface area contributed by atoms with Gasteiger partial charge in [-0.15, -0.1) is 10.2 Å². The van der Waals surface area contributed by atoms with E-state index in [1.54, 1.807) is 12.1 Å². The normalized spacial score (nSPS) is 11.4. The second-order valence-corrected chi connectivity index (χ2v) is 9.30. The Labute approximate surface area is 168 Å². The summed E-state index contributed by atoms with van der Waals surface area (Å²) in [6.07, 6.45) is 1.13. The van der Waals surface area contributed by atoms with Crippen LogP contribution in [0.2, 0.25) is 0 Å². The highest BCUT2D eigenvalue weighted by Gasteiger charge is 2.14. The van der Waals surface area contributed by atoms with E-state index in [1.165, 1.54) is 23.9 Å². The minimum Gasteiger partial charge on any atom is -0.325 e. The highest BCUT2D eigenvalue weighted by atomic mass is 32.2. The molecule has 1 aromatic heterocycles. The van der Waals surface area contributed by atoms with Crippen molar-refractivity contribution in [1.82, 2.24) is 14.8 Å². The average Bonchev–Trinajstić information content (AvgIpc) is 3.00. The summed E-state index contributed by atoms with van der Waals surface area (Å²) in [5.41, 5.74) is 2.49. The average molecular weight is 417 g/mol. The molecule has 3 aromatic rings. The van der Waals surface area contributed by atoms with Gasteiger partial charge in [0.2, 0.25) is 5.91 Å². The van der Waals surface area contributed by atoms with Crippen LogP contribution in [0, 0.1) is 13.8 Å². The Hall–Kier alpha value is -2.65. The molecule has 0 radical (unpaired) electrons. The van der Waals surface area contributed by atoms with Gasteiger partial charge in [0, 0.05) is 17.6 Å². The van der Waals surface area contributed by atoms with Gasteiger partial charge in [0.05, 0.1) is 10.6 Å². The molecule has 7 nitrogen and oxygen atoms in total. The van der Waals surface area contributed by atoms with Crippen LogP contribution in [0.3, 0.4) is 0 Å². The number of hydrogen-bond donors (Lipinski definition) is 1. The Morgan fingerprint density at radius 1 is 1.11 bits per heavy atom. The Balaban J connectivity index is 1.71. The van der Waals surface area contributed by atoms with Crippen LogP contribution in [0.1, 0.15) is 11.4 Å². The van der Waals surface area contributed by atoms with Crippen LogP contribution in [0.4, 0.5) is 5.69 Å². The van der Waals surface area contributed by atoms with Gasteiger partial charge in [0.25, 0.3) is 0 Å². The molecule has 2 aromatic carbocycles. The molecule has 0 aliphatic rings. The highest BCUT2D eigenvalue weighted by molar-refractivity contribution is 7.99. The van der Waals surface area contributed by atoms with Crippen molar-refractivity contribution in [2.24, 2.45) is 0 Å². The zero-order valence-electron chi connectivity index (χ0n) is 15.7. The number of aryl methyl sites for hydroxylation is 2. The van der Waals surface area contributed by atoms with Gasteiger partial charge in [-0.05, 0) is 49.7 Å². The van der Waals surface area contributed by atoms with Crippen molar-refractivity contribution >= 4 is 33.2 Å². The van der Waals surface area contributed by atoms with E-state index in [-0.39, 0.29) is 16.6 Å². The largest absolute Gasteiger partial charge is 0.325 e. The van der Waals surface area contributed by atoms with Crippen molar-refractivity contribution in [3.63, 3.8) is 0 Å². The summed E-state index contributed by atoms with van der Waals surface area (Å²) < 4.78 is 25.2. The van der Waals surface area contributed by atoms with Gasteiger partial charge in [0.15, 0.2) is 15.0 Å². The molecule has 1 N–H and O–H groups in total. The van der Waals surface area contributed by atoms with Crippen LogP contribution in [-0.2, 0) is 14.6 Å². The summed E-state index contributed by atoms with van der Waals surface area (Å²) in [4.78, 5) is 12.5. The number of carbonyl (C=O) groups is 1. The van der Waals surface area contributed by atoms with Crippen LogP contribution in [-0.4, -0.2) is 41.1 Å². The van der Waals surface area contributed by atoms with Crippen LogP contribution in [0.25, 0.3) is 5.69 Å². The number of carbonyl (C=O) groups excluding carboxylic acids is 1. The molecule has 0 bridgehead atoms. The lowest BCUT2D eigenvalue weighted by atomic mass is 10.2. The van der Waals surface area contributed by atoms with Gasteiger partial charge in [-0.1, -0.05) is 30.0 Å². The molecular weight excluding hydrogens is 396 g/mol. The monoisotopic (exact) mass is 416 g/mol. The first kappa shape index (κ1) is 20.1. The van der Waals surface area contributed by atoms with E-state index in [0.717, 1.165) is 23.3 Å². The van der Waals surface area contributed by atoms with Crippen LogP contribution < -0.4 is 5.32 Å². The van der Waals surface area contributed by atoms with Crippen LogP contribution >= 0.6 is 11.8 Å². The standard InChI is InChI=1S/C19H20N4O3S2/c1-13-6-4-8-16(10-13)23-14(2)21-22-19(23)27-12-18(24)20-15-7-5-9-17(11-15)28(3,25)26/h4-11H,12H2,1-3H3,(H,20,24). The zero-order valence-corrected chi connectivity index (χ0v) is 17.3. The molecule has 0 aliphatic heterocycles. The number of sulfone groups is 1. The van der Waals surface area contributed by atoms with Crippen LogP contribution in [0.5, 0.6) is 0 Å². The third-order valence-corrected chi connectivity index (χ3v) is 5.97. The predicted molar refractivity (Wildman–Crippen MR) is 110 cm³/mol. The van der Waals surface area contributed by atoms with E-state index in [9.17, 15) is 13.2 Å². The third kappa shape index (κ3) is 4.79. The SMILES string of the molecule is Cc1cccc(-n2c(C)nnc2SCC(=O)Nc2cccc(S(C)(=O)=O)c2)c1. The van der Waals surface area contributed by atoms with E-state index in [4.69, 9.17) is 0 Å². The Morgan fingerprint density at radius 2 is 1.86 bits per heavy atom. The predicted octanol–water partition coefficient (Wildman–Crippen LogP) is 3.02. The molecule has 0 aliphatic carbocycles. The Morgan fingerprint density at radius 3 is 2.57 bits per heavy atom. The van der Waals surface area contributed by atoms with Gasteiger partial charge in [-0.25, -0.2) is 8.42 Å². The number of aromatic nitrogens is 3. The highest BCUT2D eigenvalue weighted by Crippen LogP contribution is 2.23. The maximum absolute atomic E-state index is 12.3. The maximum atomic E-state index is 12.3. The van der Waals surface area contributed by atoms with Crippen molar-refractivity contribution in [3.8, 4) is 5.69 Å². The summed E-state index contributed by atoms with van der Waals surface area (Å²) in [6, 6.07) is 14.1. The van der Waals surface area contributed by atoms with E-state index in [0.29, 0.717) is 10.8 Å². The van der Waals surface area contributed by atoms with Crippen molar-refractivity contribution in [2.75, 3.05) is 17.3 Å². The molecule has 0 fully saturated rings. The molecule has 9 heteroatoms. The van der Waals surface area contributed by atoms with Crippen molar-refractivity contribution in [3.05, 3.63) is 59.9 Å². The van der Waals surface area contributed by atoms with Gasteiger partial charge in [-0.3, -0.25) is 9.36 Å². The fourth-order valence-electron chi connectivity index (χ4n) is 2.63. The minimum absolute atomic E-state index is 0.118. The van der Waals surface area contributed by atoms with Crippen molar-refractivity contribution in [1.29, 1.82) is 0 Å². The second kappa shape index (κ2) is 8.15. The van der Waals surface area contributed by atoms with E-state index < -0.39 is 9.84 Å². The fourth-order valence-corrected chi connectivity index (χ4v) is 4.10. The van der Waals surface area contributed by atoms with E-state index in [2.05, 4.69) is 15.5 Å². The molecule has 146 valence electrons. The van der Waals surface area contributed by atoms with Crippen LogP contribution in [0.15, 0.2) is 58.6 Å². The van der Waals surface area contributed by atoms with Gasteiger partial charge >= 0.3 is 0 Å². The Bertz CT molecular complexity index is 1120. The molecule has 0 spiro atoms. The zero-order chi connectivity index (χ0) is 20.3. The van der Waals surface area contributed by atoms with Crippen molar-refractivity contribution < 1.29 is 13.2 Å². The number of benzene rings is 2. The summed E-state index contributed by atoms with van der Waals surface area (Å²) in [5, 5.41) is 11.6. The molecule has 1 amide bonds. The first-order valence-electron chi connectivity index (χ1n) is 8.46. The molecule has 3 rings (SSSR count). The van der Waals surface area contributed by atoms with Crippen molar-refractivity contribution in [2.45, 2.75) is 23.9 Å². The lowest BCUT2D eigenvalue weighted by Crippen LogP contribution is -2.15. The number of thioether (sulfide) groups is 1. The number of nitrogens with one attached hydrogen (secondary N) is 1. The molecule has 0 atom stereocenters. The molecule has 0 saturated carbocycles. The lowest BCUT2D eigenvalue weighted by Gasteiger charge is -2.09. The van der Waals surface area contributed by atoms with Gasteiger partial charge < -0.3 is 5.32 Å². The smallest absolute Gasteiger partial charge is 0.234 e. The number of nitrogens with zero attached hydrogens (tertiary/aromatic N) is 3. The topological polar surface area (TPSA) is 93.9 Å². The summed E-state index contributed by atoms with van der Waals surface area (Å²) >= 11 is 1.26. The molecule has 1 heterocycles. The number of anilines is 1. The van der Waals surface area contributed by atoms with E-state index >= 15 is 0 Å².